The van der Waals surface area contributed by atoms with Gasteiger partial charge in [0.25, 0.3) is 0 Å². The van der Waals surface area contributed by atoms with Crippen molar-refractivity contribution in [1.29, 1.82) is 0 Å². The highest BCUT2D eigenvalue weighted by Gasteiger charge is 2.13. The Morgan fingerprint density at radius 2 is 1.90 bits per heavy atom. The molecule has 2 heterocycles. The highest BCUT2D eigenvalue weighted by atomic mass is 35.5. The van der Waals surface area contributed by atoms with Crippen LogP contribution >= 0.6 is 11.6 Å². The van der Waals surface area contributed by atoms with E-state index in [0.717, 1.165) is 35.2 Å². The molecule has 1 fully saturated rings. The number of anilines is 2. The van der Waals surface area contributed by atoms with Gasteiger partial charge in [-0.3, -0.25) is 0 Å². The van der Waals surface area contributed by atoms with E-state index in [9.17, 15) is 0 Å². The molecule has 1 aromatic carbocycles. The maximum absolute atomic E-state index is 6.23. The standard InChI is InChI=1S/C17H20ClN3/c1-13(15-6-2-3-7-16(15)18)20-14-8-9-17(19-12-14)21-10-4-5-11-21/h2-3,6-9,12-13,20H,4-5,10-11H2,1H3. The maximum Gasteiger partial charge on any atom is 0.128 e. The highest BCUT2D eigenvalue weighted by Crippen LogP contribution is 2.26. The summed E-state index contributed by atoms with van der Waals surface area (Å²) in [7, 11) is 0. The van der Waals surface area contributed by atoms with Gasteiger partial charge in [-0.15, -0.1) is 0 Å². The first-order valence-electron chi connectivity index (χ1n) is 7.46. The fourth-order valence-electron chi connectivity index (χ4n) is 2.76. The van der Waals surface area contributed by atoms with Crippen LogP contribution in [0.25, 0.3) is 0 Å². The van der Waals surface area contributed by atoms with E-state index in [-0.39, 0.29) is 6.04 Å². The van der Waals surface area contributed by atoms with Gasteiger partial charge in [0.05, 0.1) is 17.9 Å². The number of benzene rings is 1. The molecule has 1 atom stereocenters. The molecule has 1 aromatic heterocycles. The van der Waals surface area contributed by atoms with Crippen molar-refractivity contribution in [3.8, 4) is 0 Å². The molecule has 3 rings (SSSR count). The van der Waals surface area contributed by atoms with Crippen LogP contribution in [0.5, 0.6) is 0 Å². The number of nitrogens with one attached hydrogen (secondary N) is 1. The fourth-order valence-corrected chi connectivity index (χ4v) is 3.06. The SMILES string of the molecule is CC(Nc1ccc(N2CCCC2)nc1)c1ccccc1Cl. The average molecular weight is 302 g/mol. The number of nitrogens with zero attached hydrogens (tertiary/aromatic N) is 2. The average Bonchev–Trinajstić information content (AvgIpc) is 3.02. The van der Waals surface area contributed by atoms with E-state index < -0.39 is 0 Å². The second-order valence-corrected chi connectivity index (χ2v) is 5.89. The van der Waals surface area contributed by atoms with Crippen LogP contribution in [0, 0.1) is 0 Å². The third-order valence-corrected chi connectivity index (χ3v) is 4.28. The van der Waals surface area contributed by atoms with Gasteiger partial charge in [-0.2, -0.15) is 0 Å². The fraction of sp³-hybridized carbons (Fsp3) is 0.353. The summed E-state index contributed by atoms with van der Waals surface area (Å²) in [5, 5.41) is 4.24. The predicted molar refractivity (Wildman–Crippen MR) is 89.2 cm³/mol. The Kier molecular flexibility index (Phi) is 4.30. The Balaban J connectivity index is 1.69. The van der Waals surface area contributed by atoms with Crippen molar-refractivity contribution in [3.05, 3.63) is 53.2 Å². The largest absolute Gasteiger partial charge is 0.377 e. The van der Waals surface area contributed by atoms with E-state index in [0.29, 0.717) is 0 Å². The van der Waals surface area contributed by atoms with Gasteiger partial charge < -0.3 is 10.2 Å². The number of halogens is 1. The molecule has 0 radical (unpaired) electrons. The lowest BCUT2D eigenvalue weighted by molar-refractivity contribution is 0.880. The van der Waals surface area contributed by atoms with Gasteiger partial charge in [-0.25, -0.2) is 4.98 Å². The zero-order chi connectivity index (χ0) is 14.7. The molecule has 0 aliphatic carbocycles. The van der Waals surface area contributed by atoms with Gasteiger partial charge in [0.1, 0.15) is 5.82 Å². The van der Waals surface area contributed by atoms with Gasteiger partial charge in [0.15, 0.2) is 0 Å². The molecule has 0 spiro atoms. The third-order valence-electron chi connectivity index (χ3n) is 3.93. The Hall–Kier alpha value is -1.74. The van der Waals surface area contributed by atoms with E-state index in [2.05, 4.69) is 34.3 Å². The van der Waals surface area contributed by atoms with Crippen LogP contribution in [0.2, 0.25) is 5.02 Å². The predicted octanol–water partition coefficient (Wildman–Crippen LogP) is 4.51. The molecule has 2 aromatic rings. The van der Waals surface area contributed by atoms with Crippen molar-refractivity contribution < 1.29 is 0 Å². The van der Waals surface area contributed by atoms with Gasteiger partial charge in [-0.05, 0) is 43.5 Å². The van der Waals surface area contributed by atoms with Gasteiger partial charge >= 0.3 is 0 Å². The Bertz CT molecular complexity index is 591. The lowest BCUT2D eigenvalue weighted by Gasteiger charge is -2.19. The smallest absolute Gasteiger partial charge is 0.128 e. The van der Waals surface area contributed by atoms with Crippen molar-refractivity contribution in [2.24, 2.45) is 0 Å². The molecule has 0 bridgehead atoms. The monoisotopic (exact) mass is 301 g/mol. The molecule has 1 unspecified atom stereocenters. The summed E-state index contributed by atoms with van der Waals surface area (Å²) in [4.78, 5) is 6.89. The second kappa shape index (κ2) is 6.35. The molecule has 0 amide bonds. The van der Waals surface area contributed by atoms with Crippen LogP contribution in [0.3, 0.4) is 0 Å². The molecule has 3 nitrogen and oxygen atoms in total. The van der Waals surface area contributed by atoms with Crippen LogP contribution in [-0.4, -0.2) is 18.1 Å². The van der Waals surface area contributed by atoms with Crippen molar-refractivity contribution in [1.82, 2.24) is 4.98 Å². The Morgan fingerprint density at radius 1 is 1.14 bits per heavy atom. The summed E-state index contributed by atoms with van der Waals surface area (Å²) in [5.74, 6) is 1.07. The summed E-state index contributed by atoms with van der Waals surface area (Å²) in [6, 6.07) is 12.3. The lowest BCUT2D eigenvalue weighted by Crippen LogP contribution is -2.18. The zero-order valence-electron chi connectivity index (χ0n) is 12.2. The van der Waals surface area contributed by atoms with Crippen molar-refractivity contribution in [3.63, 3.8) is 0 Å². The first-order chi connectivity index (χ1) is 10.2. The molecule has 1 aliphatic heterocycles. The number of rotatable bonds is 4. The number of aromatic nitrogens is 1. The van der Waals surface area contributed by atoms with E-state index in [4.69, 9.17) is 11.6 Å². The van der Waals surface area contributed by atoms with Crippen LogP contribution in [0.15, 0.2) is 42.6 Å². The molecule has 1 aliphatic rings. The van der Waals surface area contributed by atoms with Crippen LogP contribution in [0.1, 0.15) is 31.4 Å². The van der Waals surface area contributed by atoms with Crippen molar-refractivity contribution >= 4 is 23.1 Å². The van der Waals surface area contributed by atoms with Gasteiger partial charge in [0.2, 0.25) is 0 Å². The van der Waals surface area contributed by atoms with Crippen molar-refractivity contribution in [2.75, 3.05) is 23.3 Å². The minimum Gasteiger partial charge on any atom is -0.377 e. The summed E-state index contributed by atoms with van der Waals surface area (Å²) in [6.07, 6.45) is 4.44. The minimum absolute atomic E-state index is 0.151. The molecule has 4 heteroatoms. The second-order valence-electron chi connectivity index (χ2n) is 5.49. The van der Waals surface area contributed by atoms with Crippen molar-refractivity contribution in [2.45, 2.75) is 25.8 Å². The maximum atomic E-state index is 6.23. The zero-order valence-corrected chi connectivity index (χ0v) is 13.0. The molecular weight excluding hydrogens is 282 g/mol. The first kappa shape index (κ1) is 14.2. The summed E-state index contributed by atoms with van der Waals surface area (Å²) in [5.41, 5.74) is 2.12. The summed E-state index contributed by atoms with van der Waals surface area (Å²) in [6.45, 7) is 4.35. The quantitative estimate of drug-likeness (QED) is 0.900. The molecule has 110 valence electrons. The molecule has 21 heavy (non-hydrogen) atoms. The van der Waals surface area contributed by atoms with E-state index in [1.165, 1.54) is 12.8 Å². The minimum atomic E-state index is 0.151. The highest BCUT2D eigenvalue weighted by molar-refractivity contribution is 6.31. The first-order valence-corrected chi connectivity index (χ1v) is 7.84. The van der Waals surface area contributed by atoms with Gasteiger partial charge in [0, 0.05) is 18.1 Å². The topological polar surface area (TPSA) is 28.2 Å². The summed E-state index contributed by atoms with van der Waals surface area (Å²) >= 11 is 6.23. The molecule has 1 saturated heterocycles. The van der Waals surface area contributed by atoms with Crippen LogP contribution in [0.4, 0.5) is 11.5 Å². The van der Waals surface area contributed by atoms with E-state index in [1.54, 1.807) is 0 Å². The number of hydrogen-bond acceptors (Lipinski definition) is 3. The number of hydrogen-bond donors (Lipinski definition) is 1. The van der Waals surface area contributed by atoms with E-state index in [1.807, 2.05) is 30.5 Å². The van der Waals surface area contributed by atoms with Crippen LogP contribution in [-0.2, 0) is 0 Å². The van der Waals surface area contributed by atoms with Crippen LogP contribution < -0.4 is 10.2 Å². The molecule has 0 saturated carbocycles. The third kappa shape index (κ3) is 3.30. The Labute approximate surface area is 131 Å². The molecule has 1 N–H and O–H groups in total. The Morgan fingerprint density at radius 3 is 2.57 bits per heavy atom. The summed E-state index contributed by atoms with van der Waals surface area (Å²) < 4.78 is 0. The normalized spacial score (nSPS) is 16.0. The number of pyridine rings is 1. The van der Waals surface area contributed by atoms with E-state index >= 15 is 0 Å². The molecular formula is C17H20ClN3. The lowest BCUT2D eigenvalue weighted by atomic mass is 10.1. The van der Waals surface area contributed by atoms with Gasteiger partial charge in [-0.1, -0.05) is 29.8 Å².